The molecule has 0 spiro atoms. The van der Waals surface area contributed by atoms with E-state index in [9.17, 15) is 9.59 Å². The minimum Gasteiger partial charge on any atom is -0.494 e. The maximum absolute atomic E-state index is 13.6. The average Bonchev–Trinajstić information content (AvgIpc) is 2.91. The lowest BCUT2D eigenvalue weighted by atomic mass is 10.0. The van der Waals surface area contributed by atoms with Crippen molar-refractivity contribution in [1.82, 2.24) is 10.2 Å². The summed E-state index contributed by atoms with van der Waals surface area (Å²) in [7, 11) is 0. The third-order valence-electron chi connectivity index (χ3n) is 6.19. The van der Waals surface area contributed by atoms with Gasteiger partial charge >= 0.3 is 0 Å². The number of halogens is 1. The van der Waals surface area contributed by atoms with Crippen LogP contribution in [-0.4, -0.2) is 35.9 Å². The Bertz CT molecular complexity index is 1100. The van der Waals surface area contributed by atoms with E-state index >= 15 is 0 Å². The molecule has 1 N–H and O–H groups in total. The van der Waals surface area contributed by atoms with Crippen molar-refractivity contribution in [3.05, 3.63) is 101 Å². The summed E-state index contributed by atoms with van der Waals surface area (Å²) >= 11 is 5.94. The normalized spacial score (nSPS) is 11.5. The number of carbonyl (C=O) groups is 2. The average molecular weight is 521 g/mol. The molecule has 1 atom stereocenters. The molecule has 5 nitrogen and oxygen atoms in total. The second-order valence-electron chi connectivity index (χ2n) is 9.26. The number of nitrogens with zero attached hydrogens (tertiary/aromatic N) is 1. The minimum absolute atomic E-state index is 0.0631. The zero-order valence-electron chi connectivity index (χ0n) is 21.8. The van der Waals surface area contributed by atoms with E-state index in [4.69, 9.17) is 16.3 Å². The Morgan fingerprint density at radius 2 is 1.62 bits per heavy atom. The lowest BCUT2D eigenvalue weighted by molar-refractivity contribution is -0.141. The maximum atomic E-state index is 13.6. The van der Waals surface area contributed by atoms with E-state index in [1.165, 1.54) is 0 Å². The molecule has 0 heterocycles. The van der Waals surface area contributed by atoms with E-state index in [0.717, 1.165) is 29.5 Å². The summed E-state index contributed by atoms with van der Waals surface area (Å²) in [5.74, 6) is 0.535. The Morgan fingerprint density at radius 3 is 2.30 bits per heavy atom. The molecule has 0 aromatic heterocycles. The fraction of sp³-hybridized carbons (Fsp3) is 0.355. The van der Waals surface area contributed by atoms with Crippen LogP contribution in [0.15, 0.2) is 78.9 Å². The molecule has 0 unspecified atom stereocenters. The highest BCUT2D eigenvalue weighted by Crippen LogP contribution is 2.18. The largest absolute Gasteiger partial charge is 0.494 e. The molecule has 3 aromatic carbocycles. The van der Waals surface area contributed by atoms with Crippen molar-refractivity contribution in [3.63, 3.8) is 0 Å². The zero-order chi connectivity index (χ0) is 26.5. The summed E-state index contributed by atoms with van der Waals surface area (Å²) in [5, 5.41) is 3.71. The predicted octanol–water partition coefficient (Wildman–Crippen LogP) is 6.36. The molecule has 0 aliphatic carbocycles. The highest BCUT2D eigenvalue weighted by molar-refractivity contribution is 6.30. The van der Waals surface area contributed by atoms with E-state index in [1.54, 1.807) is 17.0 Å². The van der Waals surface area contributed by atoms with E-state index in [2.05, 4.69) is 12.2 Å². The standard InChI is InChI=1S/C31H37ClN2O3/c1-3-4-20-33-31(36)29(22-25-9-6-5-7-10-25)34(23-26-14-12-24(2)13-15-26)30(35)11-8-21-37-28-18-16-27(32)17-19-28/h5-7,9-10,12-19,29H,3-4,8,11,20-23H2,1-2H3,(H,33,36)/t29-/m1/s1. The van der Waals surface area contributed by atoms with Crippen molar-refractivity contribution in [3.8, 4) is 5.75 Å². The van der Waals surface area contributed by atoms with Crippen molar-refractivity contribution >= 4 is 23.4 Å². The van der Waals surface area contributed by atoms with E-state index in [0.29, 0.717) is 43.3 Å². The number of ether oxygens (including phenoxy) is 1. The fourth-order valence-corrected chi connectivity index (χ4v) is 4.16. The number of benzene rings is 3. The van der Waals surface area contributed by atoms with Gasteiger partial charge in [0.2, 0.25) is 11.8 Å². The topological polar surface area (TPSA) is 58.6 Å². The van der Waals surface area contributed by atoms with Crippen molar-refractivity contribution in [2.75, 3.05) is 13.2 Å². The molecule has 196 valence electrons. The van der Waals surface area contributed by atoms with Crippen LogP contribution in [0, 0.1) is 6.92 Å². The summed E-state index contributed by atoms with van der Waals surface area (Å²) < 4.78 is 5.78. The summed E-state index contributed by atoms with van der Waals surface area (Å²) in [6, 6.07) is 24.5. The van der Waals surface area contributed by atoms with Crippen LogP contribution in [0.25, 0.3) is 0 Å². The van der Waals surface area contributed by atoms with Gasteiger partial charge in [0, 0.05) is 31.0 Å². The minimum atomic E-state index is -0.606. The molecule has 6 heteroatoms. The molecule has 0 aliphatic heterocycles. The highest BCUT2D eigenvalue weighted by atomic mass is 35.5. The van der Waals surface area contributed by atoms with Gasteiger partial charge in [-0.25, -0.2) is 0 Å². The molecule has 2 amide bonds. The molecular weight excluding hydrogens is 484 g/mol. The second-order valence-corrected chi connectivity index (χ2v) is 9.70. The van der Waals surface area contributed by atoms with Gasteiger partial charge in [-0.15, -0.1) is 0 Å². The number of rotatable bonds is 14. The van der Waals surface area contributed by atoms with Crippen LogP contribution in [0.3, 0.4) is 0 Å². The van der Waals surface area contributed by atoms with Crippen LogP contribution < -0.4 is 10.1 Å². The first-order chi connectivity index (χ1) is 18.0. The molecule has 3 rings (SSSR count). The van der Waals surface area contributed by atoms with Crippen molar-refractivity contribution < 1.29 is 14.3 Å². The van der Waals surface area contributed by atoms with Gasteiger partial charge in [-0.2, -0.15) is 0 Å². The summed E-state index contributed by atoms with van der Waals surface area (Å²) in [4.78, 5) is 28.8. The van der Waals surface area contributed by atoms with Gasteiger partial charge in [-0.05, 0) is 55.2 Å². The van der Waals surface area contributed by atoms with Gasteiger partial charge in [0.1, 0.15) is 11.8 Å². The predicted molar refractivity (Wildman–Crippen MR) is 150 cm³/mol. The maximum Gasteiger partial charge on any atom is 0.243 e. The van der Waals surface area contributed by atoms with E-state index in [1.807, 2.05) is 73.7 Å². The third-order valence-corrected chi connectivity index (χ3v) is 6.44. The molecule has 0 saturated carbocycles. The van der Waals surface area contributed by atoms with Crippen molar-refractivity contribution in [1.29, 1.82) is 0 Å². The molecule has 0 saturated heterocycles. The Hall–Kier alpha value is -3.31. The number of unbranched alkanes of at least 4 members (excludes halogenated alkanes) is 1. The first kappa shape index (κ1) is 28.3. The van der Waals surface area contributed by atoms with E-state index in [-0.39, 0.29) is 18.2 Å². The monoisotopic (exact) mass is 520 g/mol. The molecule has 0 radical (unpaired) electrons. The van der Waals surface area contributed by atoms with Crippen LogP contribution in [0.2, 0.25) is 5.02 Å². The lowest BCUT2D eigenvalue weighted by Gasteiger charge is -2.31. The molecular formula is C31H37ClN2O3. The van der Waals surface area contributed by atoms with Gasteiger partial charge in [0.05, 0.1) is 6.61 Å². The number of aryl methyl sites for hydroxylation is 1. The Kier molecular flexibility index (Phi) is 11.5. The number of nitrogens with one attached hydrogen (secondary N) is 1. The fourth-order valence-electron chi connectivity index (χ4n) is 4.04. The molecule has 0 bridgehead atoms. The quantitative estimate of drug-likeness (QED) is 0.251. The highest BCUT2D eigenvalue weighted by Gasteiger charge is 2.30. The molecule has 0 aliphatic rings. The molecule has 0 fully saturated rings. The second kappa shape index (κ2) is 15.1. The number of amides is 2. The first-order valence-corrected chi connectivity index (χ1v) is 13.4. The Morgan fingerprint density at radius 1 is 0.919 bits per heavy atom. The van der Waals surface area contributed by atoms with Gasteiger partial charge in [-0.1, -0.05) is 85.1 Å². The van der Waals surface area contributed by atoms with Crippen LogP contribution in [-0.2, 0) is 22.6 Å². The SMILES string of the molecule is CCCCNC(=O)[C@@H](Cc1ccccc1)N(Cc1ccc(C)cc1)C(=O)CCCOc1ccc(Cl)cc1. The lowest BCUT2D eigenvalue weighted by Crippen LogP contribution is -2.50. The van der Waals surface area contributed by atoms with Gasteiger partial charge in [-0.3, -0.25) is 9.59 Å². The molecule has 3 aromatic rings. The summed E-state index contributed by atoms with van der Waals surface area (Å²) in [6.45, 7) is 5.50. The third kappa shape index (κ3) is 9.58. The van der Waals surface area contributed by atoms with Crippen LogP contribution in [0.5, 0.6) is 5.75 Å². The number of carbonyl (C=O) groups excluding carboxylic acids is 2. The van der Waals surface area contributed by atoms with Crippen LogP contribution in [0.4, 0.5) is 0 Å². The van der Waals surface area contributed by atoms with Gasteiger partial charge < -0.3 is 15.0 Å². The Balaban J connectivity index is 1.76. The van der Waals surface area contributed by atoms with E-state index < -0.39 is 6.04 Å². The van der Waals surface area contributed by atoms with Crippen LogP contribution in [0.1, 0.15) is 49.3 Å². The number of hydrogen-bond acceptors (Lipinski definition) is 3. The Labute approximate surface area is 225 Å². The smallest absolute Gasteiger partial charge is 0.243 e. The summed E-state index contributed by atoms with van der Waals surface area (Å²) in [5.41, 5.74) is 3.17. The van der Waals surface area contributed by atoms with Crippen molar-refractivity contribution in [2.24, 2.45) is 0 Å². The first-order valence-electron chi connectivity index (χ1n) is 13.0. The summed E-state index contributed by atoms with van der Waals surface area (Å²) in [6.07, 6.45) is 3.17. The number of hydrogen-bond donors (Lipinski definition) is 1. The van der Waals surface area contributed by atoms with Gasteiger partial charge in [0.15, 0.2) is 0 Å². The van der Waals surface area contributed by atoms with Crippen molar-refractivity contribution in [2.45, 2.75) is 58.5 Å². The molecule has 37 heavy (non-hydrogen) atoms. The van der Waals surface area contributed by atoms with Gasteiger partial charge in [0.25, 0.3) is 0 Å². The zero-order valence-corrected chi connectivity index (χ0v) is 22.5. The van der Waals surface area contributed by atoms with Crippen LogP contribution >= 0.6 is 11.6 Å².